The summed E-state index contributed by atoms with van der Waals surface area (Å²) in [5.74, 6) is -3.35. The Morgan fingerprint density at radius 2 is 1.34 bits per heavy atom. The highest BCUT2D eigenvalue weighted by molar-refractivity contribution is 7.92. The van der Waals surface area contributed by atoms with E-state index in [1.165, 1.54) is 25.1 Å². The van der Waals surface area contributed by atoms with Crippen molar-refractivity contribution in [2.45, 2.75) is 25.3 Å². The van der Waals surface area contributed by atoms with Crippen molar-refractivity contribution in [2.75, 3.05) is 11.0 Å². The second-order valence-electron chi connectivity index (χ2n) is 8.30. The molecule has 0 radical (unpaired) electrons. The molecule has 0 bridgehead atoms. The fraction of sp³-hybridized carbons (Fsp3) is 0.208. The molecule has 204 valence electrons. The van der Waals surface area contributed by atoms with Gasteiger partial charge in [0.05, 0.1) is 23.4 Å². The Balaban J connectivity index is 1.91. The van der Waals surface area contributed by atoms with E-state index in [1.807, 2.05) is 0 Å². The monoisotopic (exact) mass is 566 g/mol. The van der Waals surface area contributed by atoms with Crippen molar-refractivity contribution in [1.29, 1.82) is 0 Å². The third-order valence-corrected chi connectivity index (χ3v) is 5.82. The Labute approximate surface area is 211 Å². The van der Waals surface area contributed by atoms with Crippen LogP contribution in [-0.4, -0.2) is 20.6 Å². The molecule has 14 heteroatoms. The number of halogens is 8. The Morgan fingerprint density at radius 3 is 1.82 bits per heavy atom. The van der Waals surface area contributed by atoms with Gasteiger partial charge in [-0.1, -0.05) is 12.1 Å². The van der Waals surface area contributed by atoms with Gasteiger partial charge in [-0.15, -0.1) is 0 Å². The van der Waals surface area contributed by atoms with E-state index in [0.717, 1.165) is 18.2 Å². The van der Waals surface area contributed by atoms with Crippen molar-refractivity contribution >= 4 is 21.6 Å². The Kier molecular flexibility index (Phi) is 7.78. The molecule has 2 N–H and O–H groups in total. The van der Waals surface area contributed by atoms with Crippen LogP contribution in [0.4, 0.5) is 40.8 Å². The average Bonchev–Trinajstić information content (AvgIpc) is 2.79. The predicted octanol–water partition coefficient (Wildman–Crippen LogP) is 6.53. The minimum Gasteiger partial charge on any atom is -0.346 e. The molecule has 0 fully saturated rings. The average molecular weight is 566 g/mol. The van der Waals surface area contributed by atoms with Crippen LogP contribution >= 0.6 is 0 Å². The number of amides is 1. The van der Waals surface area contributed by atoms with Gasteiger partial charge in [0.25, 0.3) is 5.91 Å². The molecule has 0 saturated heterocycles. The molecule has 0 aliphatic carbocycles. The van der Waals surface area contributed by atoms with Gasteiger partial charge < -0.3 is 5.32 Å². The van der Waals surface area contributed by atoms with Crippen LogP contribution in [0.5, 0.6) is 0 Å². The largest absolute Gasteiger partial charge is 0.416 e. The van der Waals surface area contributed by atoms with Crippen LogP contribution in [0.25, 0.3) is 11.1 Å². The van der Waals surface area contributed by atoms with E-state index >= 15 is 0 Å². The van der Waals surface area contributed by atoms with E-state index in [-0.39, 0.29) is 22.8 Å². The SMILES string of the molecule is C[C@@H](NC(=O)c1cccc(-c2cc(C(F)(F)F)cc(C(F)(F)F)c2)c1)c1cc(F)c(NS(C)(=O)=O)c(F)c1. The van der Waals surface area contributed by atoms with Gasteiger partial charge in [0, 0.05) is 5.56 Å². The van der Waals surface area contributed by atoms with Crippen molar-refractivity contribution in [1.82, 2.24) is 5.32 Å². The lowest BCUT2D eigenvalue weighted by Gasteiger charge is -2.17. The van der Waals surface area contributed by atoms with Crippen LogP contribution in [0.3, 0.4) is 0 Å². The summed E-state index contributed by atoms with van der Waals surface area (Å²) in [6, 6.07) is 6.34. The molecule has 0 spiro atoms. The number of sulfonamides is 1. The Morgan fingerprint density at radius 1 is 0.816 bits per heavy atom. The first-order chi connectivity index (χ1) is 17.3. The van der Waals surface area contributed by atoms with Crippen LogP contribution in [0.2, 0.25) is 0 Å². The van der Waals surface area contributed by atoms with E-state index < -0.39 is 68.3 Å². The van der Waals surface area contributed by atoms with Crippen LogP contribution in [-0.2, 0) is 22.4 Å². The van der Waals surface area contributed by atoms with Crippen molar-refractivity contribution in [2.24, 2.45) is 0 Å². The number of hydrogen-bond donors (Lipinski definition) is 2. The molecule has 38 heavy (non-hydrogen) atoms. The Bertz CT molecular complexity index is 1430. The number of alkyl halides is 6. The lowest BCUT2D eigenvalue weighted by Crippen LogP contribution is -2.27. The molecule has 1 atom stereocenters. The molecule has 0 aromatic heterocycles. The maximum absolute atomic E-state index is 14.3. The summed E-state index contributed by atoms with van der Waals surface area (Å²) >= 11 is 0. The fourth-order valence-corrected chi connectivity index (χ4v) is 4.02. The molecule has 1 amide bonds. The van der Waals surface area contributed by atoms with E-state index in [0.29, 0.717) is 18.4 Å². The predicted molar refractivity (Wildman–Crippen MR) is 123 cm³/mol. The summed E-state index contributed by atoms with van der Waals surface area (Å²) in [6.07, 6.45) is -9.42. The van der Waals surface area contributed by atoms with Gasteiger partial charge in [-0.05, 0) is 66.1 Å². The zero-order valence-electron chi connectivity index (χ0n) is 19.4. The van der Waals surface area contributed by atoms with Gasteiger partial charge in [-0.2, -0.15) is 26.3 Å². The number of carbonyl (C=O) groups excluding carboxylic acids is 1. The van der Waals surface area contributed by atoms with E-state index in [4.69, 9.17) is 0 Å². The van der Waals surface area contributed by atoms with Crippen molar-refractivity contribution in [3.8, 4) is 11.1 Å². The molecule has 0 aliphatic heterocycles. The topological polar surface area (TPSA) is 75.3 Å². The molecule has 3 aromatic carbocycles. The van der Waals surface area contributed by atoms with Gasteiger partial charge >= 0.3 is 12.4 Å². The minimum atomic E-state index is -5.06. The van der Waals surface area contributed by atoms with E-state index in [9.17, 15) is 48.3 Å². The number of benzene rings is 3. The van der Waals surface area contributed by atoms with Gasteiger partial charge in [-0.25, -0.2) is 17.2 Å². The van der Waals surface area contributed by atoms with Crippen LogP contribution in [0.1, 0.15) is 40.0 Å². The molecular formula is C24H18F8N2O3S. The van der Waals surface area contributed by atoms with E-state index in [2.05, 4.69) is 5.32 Å². The summed E-state index contributed by atoms with van der Waals surface area (Å²) in [5.41, 5.74) is -4.76. The van der Waals surface area contributed by atoms with Crippen LogP contribution < -0.4 is 10.0 Å². The summed E-state index contributed by atoms with van der Waals surface area (Å²) in [4.78, 5) is 12.7. The molecule has 5 nitrogen and oxygen atoms in total. The molecular weight excluding hydrogens is 548 g/mol. The molecule has 0 unspecified atom stereocenters. The smallest absolute Gasteiger partial charge is 0.346 e. The first kappa shape index (κ1) is 28.9. The standard InChI is InChI=1S/C24H18F8N2O3S/c1-12(15-9-19(25)21(20(26)10-15)34-38(2,36)37)33-22(35)14-5-3-4-13(6-14)16-7-17(23(27,28)29)11-18(8-16)24(30,31)32/h3-12,34H,1-2H3,(H,33,35)/t12-/m1/s1. The second kappa shape index (κ2) is 10.2. The molecule has 0 aliphatic rings. The van der Waals surface area contributed by atoms with Crippen LogP contribution in [0.15, 0.2) is 54.6 Å². The van der Waals surface area contributed by atoms with Gasteiger partial charge in [0.15, 0.2) is 11.6 Å². The van der Waals surface area contributed by atoms with Crippen molar-refractivity contribution in [3.63, 3.8) is 0 Å². The molecule has 0 heterocycles. The fourth-order valence-electron chi connectivity index (χ4n) is 3.45. The summed E-state index contributed by atoms with van der Waals surface area (Å²) in [5, 5.41) is 2.41. The van der Waals surface area contributed by atoms with Crippen molar-refractivity contribution < 1.29 is 48.3 Å². The third-order valence-electron chi connectivity index (χ3n) is 5.25. The third kappa shape index (κ3) is 7.00. The van der Waals surface area contributed by atoms with Gasteiger partial charge in [0.2, 0.25) is 10.0 Å². The lowest BCUT2D eigenvalue weighted by molar-refractivity contribution is -0.143. The molecule has 3 rings (SSSR count). The maximum Gasteiger partial charge on any atom is 0.416 e. The summed E-state index contributed by atoms with van der Waals surface area (Å²) in [7, 11) is -3.98. The quantitative estimate of drug-likeness (QED) is 0.333. The molecule has 0 saturated carbocycles. The first-order valence-corrected chi connectivity index (χ1v) is 12.4. The summed E-state index contributed by atoms with van der Waals surface area (Å²) in [6.45, 7) is 1.35. The number of carbonyl (C=O) groups is 1. The van der Waals surface area contributed by atoms with Gasteiger partial charge in [-0.3, -0.25) is 9.52 Å². The number of hydrogen-bond acceptors (Lipinski definition) is 3. The highest BCUT2D eigenvalue weighted by Gasteiger charge is 2.37. The number of nitrogens with one attached hydrogen (secondary N) is 2. The van der Waals surface area contributed by atoms with Crippen LogP contribution in [0, 0.1) is 11.6 Å². The number of anilines is 1. The molecule has 3 aromatic rings. The normalized spacial score (nSPS) is 13.2. The number of rotatable bonds is 6. The zero-order chi connectivity index (χ0) is 28.6. The first-order valence-electron chi connectivity index (χ1n) is 10.5. The maximum atomic E-state index is 14.3. The highest BCUT2D eigenvalue weighted by Crippen LogP contribution is 2.38. The lowest BCUT2D eigenvalue weighted by atomic mass is 9.97. The zero-order valence-corrected chi connectivity index (χ0v) is 20.2. The van der Waals surface area contributed by atoms with Gasteiger partial charge in [0.1, 0.15) is 5.69 Å². The summed E-state index contributed by atoms with van der Waals surface area (Å²) < 4.78 is 132. The Hall–Kier alpha value is -3.68. The van der Waals surface area contributed by atoms with E-state index in [1.54, 1.807) is 4.72 Å². The van der Waals surface area contributed by atoms with Crippen molar-refractivity contribution in [3.05, 3.63) is 88.5 Å². The minimum absolute atomic E-state index is 0.0171. The second-order valence-corrected chi connectivity index (χ2v) is 10.1. The highest BCUT2D eigenvalue weighted by atomic mass is 32.2.